The molecule has 2 aromatic carbocycles. The first kappa shape index (κ1) is 20.8. The summed E-state index contributed by atoms with van der Waals surface area (Å²) < 4.78 is 16.3. The summed E-state index contributed by atoms with van der Waals surface area (Å²) in [7, 11) is 4.84. The van der Waals surface area contributed by atoms with Crippen LogP contribution in [-0.4, -0.2) is 63.3 Å². The van der Waals surface area contributed by atoms with Gasteiger partial charge in [-0.3, -0.25) is 4.90 Å². The molecular formula is C22H29N3O4. The van der Waals surface area contributed by atoms with Crippen LogP contribution in [0.2, 0.25) is 0 Å². The topological polar surface area (TPSA) is 63.3 Å². The number of carbonyl (C=O) groups excluding carboxylic acids is 1. The first-order valence-electron chi connectivity index (χ1n) is 9.72. The molecule has 1 saturated heterocycles. The minimum Gasteiger partial charge on any atom is -0.493 e. The Hall–Kier alpha value is -2.93. The van der Waals surface area contributed by atoms with Crippen LogP contribution in [0.4, 0.5) is 4.79 Å². The van der Waals surface area contributed by atoms with Gasteiger partial charge in [-0.1, -0.05) is 30.3 Å². The molecule has 0 aromatic heterocycles. The van der Waals surface area contributed by atoms with E-state index in [1.165, 1.54) is 0 Å². The van der Waals surface area contributed by atoms with Crippen molar-refractivity contribution in [3.8, 4) is 17.2 Å². The standard InChI is InChI=1S/C22H29N3O4/c1-27-19-13-18(14-20(28-2)21(19)29-3)16-24-9-11-25(12-10-24)22(26)23-15-17-7-5-4-6-8-17/h4-8,13-14H,9-12,15-16H2,1-3H3,(H,23,26). The molecule has 1 heterocycles. The van der Waals surface area contributed by atoms with Crippen LogP contribution in [-0.2, 0) is 13.1 Å². The Balaban J connectivity index is 1.52. The Morgan fingerprint density at radius 2 is 1.52 bits per heavy atom. The summed E-state index contributed by atoms with van der Waals surface area (Å²) >= 11 is 0. The van der Waals surface area contributed by atoms with E-state index in [2.05, 4.69) is 10.2 Å². The summed E-state index contributed by atoms with van der Waals surface area (Å²) in [6.07, 6.45) is 0. The lowest BCUT2D eigenvalue weighted by molar-refractivity contribution is 0.135. The number of methoxy groups -OCH3 is 3. The SMILES string of the molecule is COc1cc(CN2CCN(C(=O)NCc3ccccc3)CC2)cc(OC)c1OC. The maximum atomic E-state index is 12.4. The summed E-state index contributed by atoms with van der Waals surface area (Å²) in [4.78, 5) is 16.6. The highest BCUT2D eigenvalue weighted by atomic mass is 16.5. The van der Waals surface area contributed by atoms with Gasteiger partial charge in [0.25, 0.3) is 0 Å². The number of benzene rings is 2. The van der Waals surface area contributed by atoms with Crippen molar-refractivity contribution in [3.63, 3.8) is 0 Å². The van der Waals surface area contributed by atoms with Crippen molar-refractivity contribution in [1.29, 1.82) is 0 Å². The van der Waals surface area contributed by atoms with Crippen LogP contribution in [0.5, 0.6) is 17.2 Å². The van der Waals surface area contributed by atoms with Crippen LogP contribution < -0.4 is 19.5 Å². The molecule has 3 rings (SSSR count). The van der Waals surface area contributed by atoms with Gasteiger partial charge >= 0.3 is 6.03 Å². The number of ether oxygens (including phenoxy) is 3. The quantitative estimate of drug-likeness (QED) is 0.776. The van der Waals surface area contributed by atoms with Gasteiger partial charge in [0.05, 0.1) is 21.3 Å². The average molecular weight is 399 g/mol. The van der Waals surface area contributed by atoms with Crippen molar-refractivity contribution < 1.29 is 19.0 Å². The van der Waals surface area contributed by atoms with Gasteiger partial charge in [-0.2, -0.15) is 0 Å². The summed E-state index contributed by atoms with van der Waals surface area (Å²) in [6.45, 7) is 4.34. The van der Waals surface area contributed by atoms with Gasteiger partial charge in [0, 0.05) is 39.3 Å². The zero-order chi connectivity index (χ0) is 20.6. The highest BCUT2D eigenvalue weighted by Gasteiger charge is 2.22. The zero-order valence-electron chi connectivity index (χ0n) is 17.3. The fourth-order valence-electron chi connectivity index (χ4n) is 3.48. The van der Waals surface area contributed by atoms with Gasteiger partial charge in [-0.25, -0.2) is 4.79 Å². The first-order valence-corrected chi connectivity index (χ1v) is 9.72. The number of urea groups is 1. The molecule has 0 aliphatic carbocycles. The van der Waals surface area contributed by atoms with Crippen molar-refractivity contribution in [2.75, 3.05) is 47.5 Å². The Kier molecular flexibility index (Phi) is 7.19. The second-order valence-electron chi connectivity index (χ2n) is 6.94. The van der Waals surface area contributed by atoms with Crippen molar-refractivity contribution in [3.05, 3.63) is 53.6 Å². The van der Waals surface area contributed by atoms with Crippen molar-refractivity contribution >= 4 is 6.03 Å². The molecule has 2 aromatic rings. The third-order valence-corrected chi connectivity index (χ3v) is 5.08. The molecule has 0 unspecified atom stereocenters. The van der Waals surface area contributed by atoms with Crippen LogP contribution in [0, 0.1) is 0 Å². The summed E-state index contributed by atoms with van der Waals surface area (Å²) in [5.41, 5.74) is 2.18. The van der Waals surface area contributed by atoms with E-state index in [-0.39, 0.29) is 6.03 Å². The van der Waals surface area contributed by atoms with E-state index in [0.29, 0.717) is 36.9 Å². The van der Waals surface area contributed by atoms with E-state index < -0.39 is 0 Å². The second kappa shape index (κ2) is 10.0. The minimum atomic E-state index is -0.0127. The fourth-order valence-corrected chi connectivity index (χ4v) is 3.48. The molecule has 29 heavy (non-hydrogen) atoms. The van der Waals surface area contributed by atoms with E-state index in [1.807, 2.05) is 47.4 Å². The predicted molar refractivity (Wildman–Crippen MR) is 112 cm³/mol. The lowest BCUT2D eigenvalue weighted by Gasteiger charge is -2.34. The van der Waals surface area contributed by atoms with Gasteiger partial charge < -0.3 is 24.4 Å². The number of nitrogens with one attached hydrogen (secondary N) is 1. The molecule has 1 N–H and O–H groups in total. The van der Waals surface area contributed by atoms with Gasteiger partial charge in [0.1, 0.15) is 0 Å². The molecule has 0 spiro atoms. The molecule has 1 aliphatic heterocycles. The van der Waals surface area contributed by atoms with E-state index in [9.17, 15) is 4.79 Å². The van der Waals surface area contributed by atoms with Crippen LogP contribution in [0.25, 0.3) is 0 Å². The molecular weight excluding hydrogens is 370 g/mol. The largest absolute Gasteiger partial charge is 0.493 e. The monoisotopic (exact) mass is 399 g/mol. The van der Waals surface area contributed by atoms with Crippen LogP contribution in [0.1, 0.15) is 11.1 Å². The highest BCUT2D eigenvalue weighted by molar-refractivity contribution is 5.74. The number of hydrogen-bond acceptors (Lipinski definition) is 5. The molecule has 0 atom stereocenters. The molecule has 0 bridgehead atoms. The van der Waals surface area contributed by atoms with Crippen molar-refractivity contribution in [1.82, 2.24) is 15.1 Å². The van der Waals surface area contributed by atoms with Crippen LogP contribution in [0.3, 0.4) is 0 Å². The smallest absolute Gasteiger partial charge is 0.317 e. The Morgan fingerprint density at radius 1 is 0.897 bits per heavy atom. The van der Waals surface area contributed by atoms with Gasteiger partial charge in [0.2, 0.25) is 5.75 Å². The summed E-state index contributed by atoms with van der Waals surface area (Å²) in [5.74, 6) is 1.90. The van der Waals surface area contributed by atoms with Crippen molar-refractivity contribution in [2.45, 2.75) is 13.1 Å². The maximum absolute atomic E-state index is 12.4. The lowest BCUT2D eigenvalue weighted by Crippen LogP contribution is -2.51. The predicted octanol–water partition coefficient (Wildman–Crippen LogP) is 2.74. The number of hydrogen-bond donors (Lipinski definition) is 1. The number of rotatable bonds is 7. The summed E-state index contributed by atoms with van der Waals surface area (Å²) in [5, 5.41) is 3.00. The highest BCUT2D eigenvalue weighted by Crippen LogP contribution is 2.38. The summed E-state index contributed by atoms with van der Waals surface area (Å²) in [6, 6.07) is 13.9. The molecule has 2 amide bonds. The number of amides is 2. The Bertz CT molecular complexity index is 780. The van der Waals surface area contributed by atoms with Crippen molar-refractivity contribution in [2.24, 2.45) is 0 Å². The third-order valence-electron chi connectivity index (χ3n) is 5.08. The molecule has 1 aliphatic rings. The maximum Gasteiger partial charge on any atom is 0.317 e. The normalized spacial score (nSPS) is 14.4. The Morgan fingerprint density at radius 3 is 2.07 bits per heavy atom. The number of piperazine rings is 1. The zero-order valence-corrected chi connectivity index (χ0v) is 17.3. The van der Waals surface area contributed by atoms with E-state index in [1.54, 1.807) is 21.3 Å². The van der Waals surface area contributed by atoms with Crippen LogP contribution in [0.15, 0.2) is 42.5 Å². The minimum absolute atomic E-state index is 0.0127. The third kappa shape index (κ3) is 5.32. The lowest BCUT2D eigenvalue weighted by atomic mass is 10.1. The van der Waals surface area contributed by atoms with E-state index in [0.717, 1.165) is 30.8 Å². The molecule has 0 saturated carbocycles. The van der Waals surface area contributed by atoms with Gasteiger partial charge in [0.15, 0.2) is 11.5 Å². The molecule has 156 valence electrons. The molecule has 1 fully saturated rings. The van der Waals surface area contributed by atoms with E-state index in [4.69, 9.17) is 14.2 Å². The number of carbonyl (C=O) groups is 1. The number of nitrogens with zero attached hydrogens (tertiary/aromatic N) is 2. The molecule has 7 heteroatoms. The Labute approximate surface area is 172 Å². The van der Waals surface area contributed by atoms with Gasteiger partial charge in [-0.05, 0) is 23.3 Å². The fraction of sp³-hybridized carbons (Fsp3) is 0.409. The average Bonchev–Trinajstić information content (AvgIpc) is 2.77. The molecule has 0 radical (unpaired) electrons. The second-order valence-corrected chi connectivity index (χ2v) is 6.94. The molecule has 7 nitrogen and oxygen atoms in total. The first-order chi connectivity index (χ1) is 14.1. The van der Waals surface area contributed by atoms with Gasteiger partial charge in [-0.15, -0.1) is 0 Å². The van der Waals surface area contributed by atoms with E-state index >= 15 is 0 Å². The van der Waals surface area contributed by atoms with Crippen LogP contribution >= 0.6 is 0 Å².